The van der Waals surface area contributed by atoms with Gasteiger partial charge in [-0.05, 0) is 37.1 Å². The fourth-order valence-corrected chi connectivity index (χ4v) is 3.96. The van der Waals surface area contributed by atoms with Gasteiger partial charge in [-0.1, -0.05) is 30.3 Å². The molecule has 1 saturated heterocycles. The van der Waals surface area contributed by atoms with Crippen LogP contribution in [0.1, 0.15) is 40.4 Å². The number of hydrogen-bond acceptors (Lipinski definition) is 6. The Morgan fingerprint density at radius 2 is 1.91 bits per heavy atom. The maximum absolute atomic E-state index is 13.0. The number of hydrogen-bond donors (Lipinski definition) is 1. The molecule has 1 fully saturated rings. The predicted molar refractivity (Wildman–Crippen MR) is 129 cm³/mol. The van der Waals surface area contributed by atoms with E-state index in [1.807, 2.05) is 32.0 Å². The Hall–Kier alpha value is -3.39. The quantitative estimate of drug-likeness (QED) is 0.467. The summed E-state index contributed by atoms with van der Waals surface area (Å²) in [6.45, 7) is 7.42. The molecule has 34 heavy (non-hydrogen) atoms. The van der Waals surface area contributed by atoms with Crippen LogP contribution >= 0.6 is 0 Å². The highest BCUT2D eigenvalue weighted by molar-refractivity contribution is 5.98. The van der Waals surface area contributed by atoms with Gasteiger partial charge < -0.3 is 15.0 Å². The second-order valence-electron chi connectivity index (χ2n) is 8.24. The first kappa shape index (κ1) is 23.8. The van der Waals surface area contributed by atoms with E-state index in [1.165, 1.54) is 12.1 Å². The first-order chi connectivity index (χ1) is 16.4. The van der Waals surface area contributed by atoms with Crippen molar-refractivity contribution in [2.24, 2.45) is 0 Å². The van der Waals surface area contributed by atoms with Crippen LogP contribution in [0, 0.1) is 6.92 Å². The Kier molecular flexibility index (Phi) is 7.47. The number of morpholine rings is 1. The molecule has 6 nitrogen and oxygen atoms in total. The fraction of sp³-hybridized carbons (Fsp3) is 0.346. The second kappa shape index (κ2) is 10.7. The number of rotatable bonds is 8. The number of halogens is 2. The predicted octanol–water partition coefficient (Wildman–Crippen LogP) is 5.08. The second-order valence-corrected chi connectivity index (χ2v) is 8.24. The highest BCUT2D eigenvalue weighted by atomic mass is 19.3. The molecule has 3 aromatic rings. The van der Waals surface area contributed by atoms with E-state index in [9.17, 15) is 13.6 Å². The molecule has 0 aliphatic carbocycles. The molecule has 1 N–H and O–H groups in total. The highest BCUT2D eigenvalue weighted by Gasteiger charge is 2.18. The van der Waals surface area contributed by atoms with Gasteiger partial charge in [-0.15, -0.1) is 0 Å². The summed E-state index contributed by atoms with van der Waals surface area (Å²) >= 11 is 0. The number of aromatic nitrogens is 2. The van der Waals surface area contributed by atoms with Crippen LogP contribution in [0.15, 0.2) is 48.5 Å². The van der Waals surface area contributed by atoms with Gasteiger partial charge in [0.1, 0.15) is 5.82 Å². The van der Waals surface area contributed by atoms with Gasteiger partial charge in [0, 0.05) is 48.8 Å². The van der Waals surface area contributed by atoms with Gasteiger partial charge >= 0.3 is 0 Å². The number of benzene rings is 2. The summed E-state index contributed by atoms with van der Waals surface area (Å²) in [5, 5.41) is 3.19. The number of nitrogens with zero attached hydrogens (tertiary/aromatic N) is 3. The number of aryl methyl sites for hydroxylation is 1. The zero-order valence-electron chi connectivity index (χ0n) is 19.4. The standard InChI is InChI=1S/C26H28F2N4O2/c1-3-29-26-30-22(16-24(31-26)32-9-11-34-12-10-32)21-15-19(8-7-17(21)2)23(33)14-18-5-4-6-20(13-18)25(27)28/h4-8,13,15-16,25H,3,9-12,14H2,1-2H3,(H,29,30,31). The smallest absolute Gasteiger partial charge is 0.263 e. The van der Waals surface area contributed by atoms with Gasteiger partial charge in [-0.3, -0.25) is 4.79 Å². The van der Waals surface area contributed by atoms with E-state index in [0.717, 1.165) is 35.7 Å². The van der Waals surface area contributed by atoms with Gasteiger partial charge in [-0.2, -0.15) is 4.98 Å². The molecule has 1 aromatic heterocycles. The van der Waals surface area contributed by atoms with Gasteiger partial charge in [-0.25, -0.2) is 13.8 Å². The Balaban J connectivity index is 1.65. The van der Waals surface area contributed by atoms with Crippen molar-refractivity contribution in [1.82, 2.24) is 9.97 Å². The molecular weight excluding hydrogens is 438 g/mol. The first-order valence-electron chi connectivity index (χ1n) is 11.4. The lowest BCUT2D eigenvalue weighted by Gasteiger charge is -2.28. The number of carbonyl (C=O) groups excluding carboxylic acids is 1. The zero-order chi connectivity index (χ0) is 24.1. The monoisotopic (exact) mass is 466 g/mol. The van der Waals surface area contributed by atoms with Crippen LogP contribution in [0.5, 0.6) is 0 Å². The van der Waals surface area contributed by atoms with Crippen LogP contribution in [-0.2, 0) is 11.2 Å². The lowest BCUT2D eigenvalue weighted by molar-refractivity contribution is 0.0992. The number of alkyl halides is 2. The van der Waals surface area contributed by atoms with Gasteiger partial charge in [0.15, 0.2) is 5.78 Å². The van der Waals surface area contributed by atoms with Crippen molar-refractivity contribution in [2.45, 2.75) is 26.7 Å². The molecule has 0 saturated carbocycles. The lowest BCUT2D eigenvalue weighted by atomic mass is 9.96. The van der Waals surface area contributed by atoms with Crippen LogP contribution < -0.4 is 10.2 Å². The molecular formula is C26H28F2N4O2. The molecule has 0 bridgehead atoms. The topological polar surface area (TPSA) is 67.4 Å². The largest absolute Gasteiger partial charge is 0.378 e. The summed E-state index contributed by atoms with van der Waals surface area (Å²) in [6.07, 6.45) is -2.51. The molecule has 0 radical (unpaired) electrons. The van der Waals surface area contributed by atoms with Crippen molar-refractivity contribution in [3.8, 4) is 11.3 Å². The Bertz CT molecular complexity index is 1160. The maximum atomic E-state index is 13.0. The summed E-state index contributed by atoms with van der Waals surface area (Å²) in [4.78, 5) is 24.5. The first-order valence-corrected chi connectivity index (χ1v) is 11.4. The van der Waals surface area contributed by atoms with Crippen LogP contribution in [0.2, 0.25) is 0 Å². The molecule has 2 heterocycles. The Morgan fingerprint density at radius 1 is 1.12 bits per heavy atom. The minimum atomic E-state index is -2.56. The van der Waals surface area contributed by atoms with E-state index < -0.39 is 6.43 Å². The van der Waals surface area contributed by atoms with Crippen LogP contribution in [0.3, 0.4) is 0 Å². The number of Topliss-reactive ketones (excluding diaryl/α,β-unsaturated/α-hetero) is 1. The van der Waals surface area contributed by atoms with E-state index >= 15 is 0 Å². The molecule has 0 atom stereocenters. The maximum Gasteiger partial charge on any atom is 0.263 e. The summed E-state index contributed by atoms with van der Waals surface area (Å²) < 4.78 is 31.5. The highest BCUT2D eigenvalue weighted by Crippen LogP contribution is 2.28. The normalized spacial score (nSPS) is 13.9. The molecule has 0 unspecified atom stereocenters. The van der Waals surface area contributed by atoms with E-state index in [4.69, 9.17) is 4.74 Å². The van der Waals surface area contributed by atoms with E-state index in [1.54, 1.807) is 18.2 Å². The molecule has 8 heteroatoms. The molecule has 4 rings (SSSR count). The lowest BCUT2D eigenvalue weighted by Crippen LogP contribution is -2.37. The minimum absolute atomic E-state index is 0.0501. The summed E-state index contributed by atoms with van der Waals surface area (Å²) in [5.74, 6) is 1.20. The summed E-state index contributed by atoms with van der Waals surface area (Å²) in [6, 6.07) is 13.4. The molecule has 0 spiro atoms. The van der Waals surface area contributed by atoms with E-state index in [-0.39, 0.29) is 17.8 Å². The number of nitrogens with one attached hydrogen (secondary N) is 1. The average molecular weight is 467 g/mol. The van der Waals surface area contributed by atoms with Crippen molar-refractivity contribution < 1.29 is 18.3 Å². The van der Waals surface area contributed by atoms with E-state index in [0.29, 0.717) is 36.8 Å². The average Bonchev–Trinajstić information content (AvgIpc) is 2.85. The number of carbonyl (C=O) groups is 1. The number of anilines is 2. The minimum Gasteiger partial charge on any atom is -0.378 e. The van der Waals surface area contributed by atoms with Crippen molar-refractivity contribution in [3.63, 3.8) is 0 Å². The van der Waals surface area contributed by atoms with Crippen molar-refractivity contribution >= 4 is 17.5 Å². The molecule has 178 valence electrons. The van der Waals surface area contributed by atoms with Crippen LogP contribution in [0.25, 0.3) is 11.3 Å². The van der Waals surface area contributed by atoms with E-state index in [2.05, 4.69) is 20.2 Å². The summed E-state index contributed by atoms with van der Waals surface area (Å²) in [5.41, 5.74) is 3.53. The van der Waals surface area contributed by atoms with Crippen molar-refractivity contribution in [2.75, 3.05) is 43.1 Å². The number of ketones is 1. The third kappa shape index (κ3) is 5.56. The van der Waals surface area contributed by atoms with Crippen molar-refractivity contribution in [1.29, 1.82) is 0 Å². The third-order valence-electron chi connectivity index (χ3n) is 5.79. The zero-order valence-corrected chi connectivity index (χ0v) is 19.4. The van der Waals surface area contributed by atoms with Crippen molar-refractivity contribution in [3.05, 3.63) is 70.8 Å². The van der Waals surface area contributed by atoms with Gasteiger partial charge in [0.05, 0.1) is 18.9 Å². The summed E-state index contributed by atoms with van der Waals surface area (Å²) in [7, 11) is 0. The fourth-order valence-electron chi connectivity index (χ4n) is 3.96. The van der Waals surface area contributed by atoms with Gasteiger partial charge in [0.2, 0.25) is 5.95 Å². The Morgan fingerprint density at radius 3 is 2.65 bits per heavy atom. The molecule has 1 aliphatic rings. The number of ether oxygens (including phenoxy) is 1. The Labute approximate surface area is 198 Å². The van der Waals surface area contributed by atoms with Crippen LogP contribution in [0.4, 0.5) is 20.5 Å². The third-order valence-corrected chi connectivity index (χ3v) is 5.79. The van der Waals surface area contributed by atoms with Gasteiger partial charge in [0.25, 0.3) is 6.43 Å². The molecule has 0 amide bonds. The molecule has 2 aromatic carbocycles. The molecule has 1 aliphatic heterocycles. The van der Waals surface area contributed by atoms with Crippen LogP contribution in [-0.4, -0.2) is 48.6 Å². The SMILES string of the molecule is CCNc1nc(-c2cc(C(=O)Cc3cccc(C(F)F)c3)ccc2C)cc(N2CCOCC2)n1.